The second-order valence-corrected chi connectivity index (χ2v) is 7.84. The maximum absolute atomic E-state index is 14.6. The SMILES string of the molecule is Cc1cn([C@H]2C[C@@](O)(c3c(F)c(F)nc(F)c3F)[C@@H](COc3c(F)c(F)nc(F)c3F)O2)c(=O)[nH]c1=O. The summed E-state index contributed by atoms with van der Waals surface area (Å²) in [6.07, 6.45) is -4.05. The number of nitrogens with one attached hydrogen (secondary N) is 1. The fourth-order valence-corrected chi connectivity index (χ4v) is 3.77. The zero-order valence-corrected chi connectivity index (χ0v) is 18.1. The van der Waals surface area contributed by atoms with Gasteiger partial charge >= 0.3 is 5.69 Å². The molecule has 3 aromatic heterocycles. The summed E-state index contributed by atoms with van der Waals surface area (Å²) in [6, 6.07) is 0. The summed E-state index contributed by atoms with van der Waals surface area (Å²) >= 11 is 0. The number of ether oxygens (including phenoxy) is 2. The molecule has 0 saturated carbocycles. The van der Waals surface area contributed by atoms with Crippen LogP contribution in [-0.4, -0.2) is 37.3 Å². The predicted octanol–water partition coefficient (Wildman–Crippen LogP) is 2.00. The van der Waals surface area contributed by atoms with E-state index in [4.69, 9.17) is 4.74 Å². The number of H-pyrrole nitrogens is 1. The van der Waals surface area contributed by atoms with Gasteiger partial charge in [-0.15, -0.1) is 0 Å². The van der Waals surface area contributed by atoms with Crippen molar-refractivity contribution in [2.75, 3.05) is 6.61 Å². The quantitative estimate of drug-likeness (QED) is 0.376. The molecule has 3 atom stereocenters. The van der Waals surface area contributed by atoms with E-state index in [0.717, 1.165) is 6.20 Å². The van der Waals surface area contributed by atoms with Crippen molar-refractivity contribution < 1.29 is 49.7 Å². The lowest BCUT2D eigenvalue weighted by Gasteiger charge is -2.29. The largest absolute Gasteiger partial charge is 0.484 e. The van der Waals surface area contributed by atoms with Crippen LogP contribution >= 0.6 is 0 Å². The highest BCUT2D eigenvalue weighted by Crippen LogP contribution is 2.46. The Balaban J connectivity index is 1.82. The van der Waals surface area contributed by atoms with Gasteiger partial charge in [0.15, 0.2) is 11.6 Å². The van der Waals surface area contributed by atoms with Crippen molar-refractivity contribution in [3.8, 4) is 5.75 Å². The number of aromatic nitrogens is 4. The van der Waals surface area contributed by atoms with E-state index in [1.54, 1.807) is 0 Å². The highest BCUT2D eigenvalue weighted by molar-refractivity contribution is 5.29. The molecule has 0 spiro atoms. The number of hydrogen-bond donors (Lipinski definition) is 2. The summed E-state index contributed by atoms with van der Waals surface area (Å²) in [4.78, 5) is 30.5. The van der Waals surface area contributed by atoms with Gasteiger partial charge < -0.3 is 14.6 Å². The van der Waals surface area contributed by atoms with Crippen molar-refractivity contribution in [2.45, 2.75) is 31.3 Å². The Hall–Kier alpha value is -3.86. The average Bonchev–Trinajstić information content (AvgIpc) is 3.15. The first-order chi connectivity index (χ1) is 17.3. The third-order valence-corrected chi connectivity index (χ3v) is 5.56. The van der Waals surface area contributed by atoms with Gasteiger partial charge in [0.1, 0.15) is 24.5 Å². The van der Waals surface area contributed by atoms with E-state index in [1.165, 1.54) is 6.92 Å². The van der Waals surface area contributed by atoms with Crippen LogP contribution in [0.2, 0.25) is 0 Å². The monoisotopic (exact) mass is 540 g/mol. The highest BCUT2D eigenvalue weighted by Gasteiger charge is 2.54. The Labute approximate surface area is 198 Å². The molecule has 1 fully saturated rings. The molecule has 1 aliphatic heterocycles. The van der Waals surface area contributed by atoms with E-state index in [-0.39, 0.29) is 5.56 Å². The molecule has 37 heavy (non-hydrogen) atoms. The predicted molar refractivity (Wildman–Crippen MR) is 102 cm³/mol. The zero-order valence-electron chi connectivity index (χ0n) is 18.1. The van der Waals surface area contributed by atoms with Crippen molar-refractivity contribution in [3.05, 3.63) is 85.2 Å². The summed E-state index contributed by atoms with van der Waals surface area (Å²) in [5, 5.41) is 11.2. The zero-order chi connectivity index (χ0) is 27.4. The van der Waals surface area contributed by atoms with E-state index in [2.05, 4.69) is 14.7 Å². The molecule has 4 rings (SSSR count). The van der Waals surface area contributed by atoms with Gasteiger partial charge in [-0.05, 0) is 6.92 Å². The van der Waals surface area contributed by atoms with Crippen LogP contribution in [0.15, 0.2) is 15.8 Å². The molecule has 0 amide bonds. The van der Waals surface area contributed by atoms with Crippen LogP contribution in [-0.2, 0) is 10.3 Å². The Morgan fingerprint density at radius 3 is 2.05 bits per heavy atom. The molecule has 0 aliphatic carbocycles. The molecule has 198 valence electrons. The lowest BCUT2D eigenvalue weighted by Crippen LogP contribution is -2.41. The van der Waals surface area contributed by atoms with Crippen molar-refractivity contribution in [1.82, 2.24) is 19.5 Å². The molecule has 9 nitrogen and oxygen atoms in total. The molecular formula is C20H12F8N4O5. The van der Waals surface area contributed by atoms with Gasteiger partial charge in [-0.25, -0.2) is 13.6 Å². The van der Waals surface area contributed by atoms with Crippen molar-refractivity contribution in [3.63, 3.8) is 0 Å². The van der Waals surface area contributed by atoms with E-state index in [1.807, 2.05) is 4.98 Å². The minimum absolute atomic E-state index is 0.0725. The Morgan fingerprint density at radius 2 is 1.51 bits per heavy atom. The van der Waals surface area contributed by atoms with Crippen LogP contribution < -0.4 is 16.0 Å². The Bertz CT molecular complexity index is 1480. The van der Waals surface area contributed by atoms with Gasteiger partial charge in [-0.1, -0.05) is 0 Å². The third kappa shape index (κ3) is 4.33. The summed E-state index contributed by atoms with van der Waals surface area (Å²) in [6.45, 7) is -0.0905. The van der Waals surface area contributed by atoms with Gasteiger partial charge in [0.25, 0.3) is 29.4 Å². The van der Waals surface area contributed by atoms with Gasteiger partial charge in [-0.2, -0.15) is 36.3 Å². The number of rotatable bonds is 5. The van der Waals surface area contributed by atoms with Crippen molar-refractivity contribution in [1.29, 1.82) is 0 Å². The second-order valence-electron chi connectivity index (χ2n) is 7.84. The van der Waals surface area contributed by atoms with Crippen LogP contribution in [0.4, 0.5) is 35.1 Å². The lowest BCUT2D eigenvalue weighted by molar-refractivity contribution is -0.0853. The summed E-state index contributed by atoms with van der Waals surface area (Å²) in [7, 11) is 0. The van der Waals surface area contributed by atoms with Gasteiger partial charge in [-0.3, -0.25) is 14.3 Å². The van der Waals surface area contributed by atoms with Crippen LogP contribution in [0.25, 0.3) is 0 Å². The lowest BCUT2D eigenvalue weighted by atomic mass is 9.86. The molecular weight excluding hydrogens is 528 g/mol. The standard InChI is InChI=1S/C20H12F8N4O5/c1-5-3-32(19(34)31-18(5)33)7-2-20(35,8-9(21)14(25)29-15(26)10(8)22)6(37-7)4-36-13-11(23)16(27)30-17(28)12(13)24/h3,6-7,35H,2,4H2,1H3,(H,31,33,34)/t6-,7-,20+/m1/s1. The number of halogens is 8. The Kier molecular flexibility index (Phi) is 6.53. The maximum Gasteiger partial charge on any atom is 0.330 e. The number of aromatic amines is 1. The molecule has 0 aromatic carbocycles. The Morgan fingerprint density at radius 1 is 1.00 bits per heavy atom. The molecule has 0 radical (unpaired) electrons. The molecule has 17 heteroatoms. The van der Waals surface area contributed by atoms with Crippen molar-refractivity contribution in [2.24, 2.45) is 0 Å². The molecule has 3 aromatic rings. The fourth-order valence-electron chi connectivity index (χ4n) is 3.77. The first-order valence-corrected chi connectivity index (χ1v) is 9.99. The molecule has 0 unspecified atom stereocenters. The topological polar surface area (TPSA) is 119 Å². The maximum atomic E-state index is 14.6. The summed E-state index contributed by atoms with van der Waals surface area (Å²) in [5.74, 6) is -18.9. The van der Waals surface area contributed by atoms with Gasteiger partial charge in [0.2, 0.25) is 17.4 Å². The number of nitrogens with zero attached hydrogens (tertiary/aromatic N) is 3. The molecule has 1 aliphatic rings. The summed E-state index contributed by atoms with van der Waals surface area (Å²) in [5.41, 5.74) is -6.86. The van der Waals surface area contributed by atoms with Crippen molar-refractivity contribution >= 4 is 0 Å². The average molecular weight is 540 g/mol. The molecule has 4 heterocycles. The highest BCUT2D eigenvalue weighted by atomic mass is 19.2. The van der Waals surface area contributed by atoms with E-state index in [9.17, 15) is 49.8 Å². The molecule has 1 saturated heterocycles. The van der Waals surface area contributed by atoms with E-state index < -0.39 is 101 Å². The molecule has 0 bridgehead atoms. The first-order valence-electron chi connectivity index (χ1n) is 9.99. The van der Waals surface area contributed by atoms with Crippen LogP contribution in [0.3, 0.4) is 0 Å². The molecule has 2 N–H and O–H groups in total. The second kappa shape index (κ2) is 9.22. The smallest absolute Gasteiger partial charge is 0.330 e. The van der Waals surface area contributed by atoms with Gasteiger partial charge in [0, 0.05) is 18.2 Å². The number of aliphatic hydroxyl groups is 1. The van der Waals surface area contributed by atoms with Crippen LogP contribution in [0.1, 0.15) is 23.8 Å². The third-order valence-electron chi connectivity index (χ3n) is 5.56. The summed E-state index contributed by atoms with van der Waals surface area (Å²) < 4.78 is 122. The minimum Gasteiger partial charge on any atom is -0.484 e. The normalized spacial score (nSPS) is 21.5. The number of pyridine rings is 2. The first kappa shape index (κ1) is 26.2. The van der Waals surface area contributed by atoms with Crippen LogP contribution in [0, 0.1) is 54.0 Å². The number of hydrogen-bond acceptors (Lipinski definition) is 7. The van der Waals surface area contributed by atoms with Crippen LogP contribution in [0.5, 0.6) is 5.75 Å². The van der Waals surface area contributed by atoms with E-state index in [0.29, 0.717) is 4.57 Å². The van der Waals surface area contributed by atoms with Gasteiger partial charge in [0.05, 0.1) is 5.56 Å². The minimum atomic E-state index is -3.13. The number of aryl methyl sites for hydroxylation is 1. The van der Waals surface area contributed by atoms with E-state index >= 15 is 0 Å². The fraction of sp³-hybridized carbons (Fsp3) is 0.300.